The lowest BCUT2D eigenvalue weighted by Gasteiger charge is -2.56. The summed E-state index contributed by atoms with van der Waals surface area (Å²) in [7, 11) is 1.28. The van der Waals surface area contributed by atoms with Gasteiger partial charge in [-0.15, -0.1) is 0 Å². The fourth-order valence-corrected chi connectivity index (χ4v) is 7.55. The summed E-state index contributed by atoms with van der Waals surface area (Å²) >= 11 is 0. The molecule has 0 aromatic heterocycles. The molecular formula is C28H47N3O5S. The minimum Gasteiger partial charge on any atom is -0.497 e. The first-order valence-corrected chi connectivity index (χ1v) is 15.0. The van der Waals surface area contributed by atoms with Crippen molar-refractivity contribution < 1.29 is 22.7 Å². The highest BCUT2D eigenvalue weighted by Crippen LogP contribution is 2.50. The number of carbonyl (C=O) groups excluding carboxylic acids is 1. The van der Waals surface area contributed by atoms with Gasteiger partial charge in [0.15, 0.2) is 0 Å². The summed E-state index contributed by atoms with van der Waals surface area (Å²) in [5, 5.41) is 0. The molecule has 2 fully saturated rings. The van der Waals surface area contributed by atoms with Crippen LogP contribution >= 0.6 is 0 Å². The van der Waals surface area contributed by atoms with E-state index in [1.54, 1.807) is 33.1 Å². The molecule has 2 aliphatic rings. The van der Waals surface area contributed by atoms with Crippen LogP contribution < -0.4 is 4.74 Å². The van der Waals surface area contributed by atoms with Gasteiger partial charge in [0.1, 0.15) is 12.4 Å². The van der Waals surface area contributed by atoms with Gasteiger partial charge in [0.2, 0.25) is 15.9 Å². The maximum absolute atomic E-state index is 13.2. The van der Waals surface area contributed by atoms with Gasteiger partial charge in [0.05, 0.1) is 18.6 Å². The third kappa shape index (κ3) is 6.85. The van der Waals surface area contributed by atoms with Gasteiger partial charge in [-0.2, -0.15) is 4.31 Å². The van der Waals surface area contributed by atoms with Crippen LogP contribution in [0.3, 0.4) is 0 Å². The second-order valence-electron chi connectivity index (χ2n) is 11.4. The molecule has 1 aliphatic heterocycles. The molecule has 37 heavy (non-hydrogen) atoms. The molecule has 1 aliphatic carbocycles. The highest BCUT2D eigenvalue weighted by atomic mass is 32.2. The SMILES string of the molecule is COc1cc(C)c(S(=O)(=O)N(C)CCOCC(=O)N(C)[C@@H]2C[C@H](CCN3CCCCC3)C2(C)C)c(C)c1. The molecule has 0 unspecified atom stereocenters. The Morgan fingerprint density at radius 3 is 2.30 bits per heavy atom. The second kappa shape index (κ2) is 12.5. The van der Waals surface area contributed by atoms with Crippen LogP contribution in [0.1, 0.15) is 57.1 Å². The molecule has 0 radical (unpaired) electrons. The van der Waals surface area contributed by atoms with Gasteiger partial charge in [-0.1, -0.05) is 20.3 Å². The van der Waals surface area contributed by atoms with Crippen molar-refractivity contribution >= 4 is 15.9 Å². The molecular weight excluding hydrogens is 490 g/mol. The lowest BCUT2D eigenvalue weighted by molar-refractivity contribution is -0.148. The van der Waals surface area contributed by atoms with Crippen molar-refractivity contribution in [2.75, 3.05) is 60.6 Å². The number of piperidine rings is 1. The Kier molecular flexibility index (Phi) is 10.1. The Morgan fingerprint density at radius 1 is 1.11 bits per heavy atom. The number of nitrogens with zero attached hydrogens (tertiary/aromatic N) is 3. The number of likely N-dealkylation sites (N-methyl/N-ethyl adjacent to an activating group) is 2. The summed E-state index contributed by atoms with van der Waals surface area (Å²) in [6.45, 7) is 12.0. The lowest BCUT2D eigenvalue weighted by atomic mass is 9.57. The number of carbonyl (C=O) groups is 1. The molecule has 1 saturated carbocycles. The van der Waals surface area contributed by atoms with Crippen molar-refractivity contribution in [3.63, 3.8) is 0 Å². The third-order valence-corrected chi connectivity index (χ3v) is 10.8. The van der Waals surface area contributed by atoms with Gasteiger partial charge in [0, 0.05) is 26.7 Å². The average Bonchev–Trinajstić information content (AvgIpc) is 2.85. The number of methoxy groups -OCH3 is 1. The highest BCUT2D eigenvalue weighted by molar-refractivity contribution is 7.89. The number of sulfonamides is 1. The molecule has 2 atom stereocenters. The Morgan fingerprint density at radius 2 is 1.73 bits per heavy atom. The summed E-state index contributed by atoms with van der Waals surface area (Å²) in [4.78, 5) is 17.5. The fourth-order valence-electron chi connectivity index (χ4n) is 6.00. The van der Waals surface area contributed by atoms with E-state index in [0.717, 1.165) is 13.0 Å². The normalized spacial score (nSPS) is 22.1. The smallest absolute Gasteiger partial charge is 0.248 e. The molecule has 0 bridgehead atoms. The lowest BCUT2D eigenvalue weighted by Crippen LogP contribution is -2.59. The van der Waals surface area contributed by atoms with Crippen LogP contribution in [0.15, 0.2) is 17.0 Å². The Hall–Kier alpha value is -1.68. The maximum Gasteiger partial charge on any atom is 0.248 e. The van der Waals surface area contributed by atoms with Crippen molar-refractivity contribution in [2.24, 2.45) is 11.3 Å². The van der Waals surface area contributed by atoms with E-state index in [1.807, 2.05) is 11.9 Å². The first-order chi connectivity index (χ1) is 17.4. The summed E-state index contributed by atoms with van der Waals surface area (Å²) in [6, 6.07) is 3.65. The van der Waals surface area contributed by atoms with E-state index in [2.05, 4.69) is 18.7 Å². The zero-order valence-electron chi connectivity index (χ0n) is 23.9. The van der Waals surface area contributed by atoms with Crippen LogP contribution in [0.25, 0.3) is 0 Å². The minimum absolute atomic E-state index is 0.0456. The van der Waals surface area contributed by atoms with Crippen LogP contribution in [-0.2, 0) is 19.6 Å². The zero-order valence-corrected chi connectivity index (χ0v) is 24.7. The number of benzene rings is 1. The van der Waals surface area contributed by atoms with Gasteiger partial charge < -0.3 is 19.3 Å². The zero-order chi connectivity index (χ0) is 27.4. The van der Waals surface area contributed by atoms with Gasteiger partial charge >= 0.3 is 0 Å². The van der Waals surface area contributed by atoms with E-state index in [-0.39, 0.29) is 42.0 Å². The van der Waals surface area contributed by atoms with Crippen molar-refractivity contribution in [3.05, 3.63) is 23.3 Å². The molecule has 210 valence electrons. The predicted molar refractivity (Wildman–Crippen MR) is 146 cm³/mol. The van der Waals surface area contributed by atoms with Crippen LogP contribution in [-0.4, -0.2) is 95.1 Å². The summed E-state index contributed by atoms with van der Waals surface area (Å²) < 4.78 is 38.5. The maximum atomic E-state index is 13.2. The van der Waals surface area contributed by atoms with Gasteiger partial charge in [-0.25, -0.2) is 8.42 Å². The van der Waals surface area contributed by atoms with Crippen LogP contribution in [0.5, 0.6) is 5.75 Å². The largest absolute Gasteiger partial charge is 0.497 e. The molecule has 1 saturated heterocycles. The predicted octanol–water partition coefficient (Wildman–Crippen LogP) is 3.70. The van der Waals surface area contributed by atoms with E-state index in [4.69, 9.17) is 9.47 Å². The number of ether oxygens (including phenoxy) is 2. The molecule has 1 aromatic rings. The monoisotopic (exact) mass is 537 g/mol. The molecule has 1 heterocycles. The summed E-state index contributed by atoms with van der Waals surface area (Å²) in [5.41, 5.74) is 1.36. The average molecular weight is 538 g/mol. The highest BCUT2D eigenvalue weighted by Gasteiger charge is 2.50. The number of amides is 1. The van der Waals surface area contributed by atoms with E-state index < -0.39 is 10.0 Å². The van der Waals surface area contributed by atoms with Crippen molar-refractivity contribution in [1.29, 1.82) is 0 Å². The number of rotatable bonds is 12. The van der Waals surface area contributed by atoms with Gasteiger partial charge in [-0.3, -0.25) is 4.79 Å². The number of hydrogen-bond acceptors (Lipinski definition) is 6. The van der Waals surface area contributed by atoms with Crippen LogP contribution in [0.2, 0.25) is 0 Å². The van der Waals surface area contributed by atoms with Crippen molar-refractivity contribution in [1.82, 2.24) is 14.1 Å². The Bertz CT molecular complexity index is 1010. The Labute approximate surface area is 224 Å². The van der Waals surface area contributed by atoms with E-state index >= 15 is 0 Å². The van der Waals surface area contributed by atoms with Gasteiger partial charge in [0.25, 0.3) is 0 Å². The Balaban J connectivity index is 1.44. The molecule has 1 amide bonds. The number of hydrogen-bond donors (Lipinski definition) is 0. The molecule has 3 rings (SSSR count). The molecule has 8 nitrogen and oxygen atoms in total. The third-order valence-electron chi connectivity index (χ3n) is 8.64. The first kappa shape index (κ1) is 29.9. The number of aryl methyl sites for hydroxylation is 2. The van der Waals surface area contributed by atoms with Gasteiger partial charge in [-0.05, 0) is 93.8 Å². The topological polar surface area (TPSA) is 79.4 Å². The summed E-state index contributed by atoms with van der Waals surface area (Å²) in [5.74, 6) is 1.20. The molecule has 0 spiro atoms. The standard InChI is InChI=1S/C28H47N3O5S/c1-21-17-24(35-7)18-22(2)27(21)37(33,34)29(5)15-16-36-20-26(32)30(6)25-19-23(28(25,3)4)11-14-31-12-9-8-10-13-31/h17-18,23,25H,8-16,19-20H2,1-7H3/t23-,25+/m0/s1. The molecule has 9 heteroatoms. The van der Waals surface area contributed by atoms with Crippen LogP contribution in [0, 0.1) is 25.2 Å². The molecule has 0 N–H and O–H groups in total. The van der Waals surface area contributed by atoms with Crippen LogP contribution in [0.4, 0.5) is 0 Å². The fraction of sp³-hybridized carbons (Fsp3) is 0.750. The summed E-state index contributed by atoms with van der Waals surface area (Å²) in [6.07, 6.45) is 6.21. The minimum atomic E-state index is -3.69. The quantitative estimate of drug-likeness (QED) is 0.379. The second-order valence-corrected chi connectivity index (χ2v) is 13.4. The van der Waals surface area contributed by atoms with E-state index in [1.165, 1.54) is 50.1 Å². The molecule has 1 aromatic carbocycles. The van der Waals surface area contributed by atoms with E-state index in [9.17, 15) is 13.2 Å². The van der Waals surface area contributed by atoms with Crippen molar-refractivity contribution in [2.45, 2.75) is 70.7 Å². The number of likely N-dealkylation sites (tertiary alicyclic amines) is 1. The first-order valence-electron chi connectivity index (χ1n) is 13.6. The van der Waals surface area contributed by atoms with E-state index in [0.29, 0.717) is 22.8 Å². The van der Waals surface area contributed by atoms with Crippen molar-refractivity contribution in [3.8, 4) is 5.75 Å².